The van der Waals surface area contributed by atoms with Crippen LogP contribution in [0.15, 0.2) is 77.2 Å². The molecule has 1 aliphatic heterocycles. The first-order valence-electron chi connectivity index (χ1n) is 13.7. The first-order chi connectivity index (χ1) is 19.2. The monoisotopic (exact) mass is 538 g/mol. The maximum atomic E-state index is 13.9. The molecule has 208 valence electrons. The van der Waals surface area contributed by atoms with Crippen LogP contribution < -0.4 is 14.5 Å². The van der Waals surface area contributed by atoms with E-state index in [2.05, 4.69) is 43.9 Å². The summed E-state index contributed by atoms with van der Waals surface area (Å²) in [7, 11) is 5.69. The molecule has 3 aromatic carbocycles. The Bertz CT molecular complexity index is 1460. The summed E-state index contributed by atoms with van der Waals surface area (Å²) < 4.78 is 11.9. The van der Waals surface area contributed by atoms with Gasteiger partial charge in [-0.15, -0.1) is 0 Å². The number of anilines is 2. The number of ether oxygens (including phenoxy) is 1. The zero-order valence-corrected chi connectivity index (χ0v) is 24.3. The van der Waals surface area contributed by atoms with E-state index in [1.165, 1.54) is 5.56 Å². The van der Waals surface area contributed by atoms with Gasteiger partial charge in [-0.05, 0) is 59.5 Å². The van der Waals surface area contributed by atoms with Gasteiger partial charge in [0, 0.05) is 57.1 Å². The van der Waals surface area contributed by atoms with Gasteiger partial charge in [0.05, 0.1) is 12.8 Å². The van der Waals surface area contributed by atoms with Crippen molar-refractivity contribution in [2.45, 2.75) is 26.2 Å². The lowest BCUT2D eigenvalue weighted by atomic mass is 9.87. The van der Waals surface area contributed by atoms with E-state index in [4.69, 9.17) is 14.1 Å². The lowest BCUT2D eigenvalue weighted by Gasteiger charge is -2.36. The molecular formula is C33H38N4O3. The molecule has 4 aromatic rings. The highest BCUT2D eigenvalue weighted by Gasteiger charge is 2.29. The highest BCUT2D eigenvalue weighted by atomic mass is 16.5. The third-order valence-electron chi connectivity index (χ3n) is 7.47. The molecule has 0 bridgehead atoms. The second-order valence-electron chi connectivity index (χ2n) is 11.4. The van der Waals surface area contributed by atoms with E-state index in [0.717, 1.165) is 28.3 Å². The van der Waals surface area contributed by atoms with E-state index in [0.29, 0.717) is 43.5 Å². The van der Waals surface area contributed by atoms with Gasteiger partial charge in [-0.2, -0.15) is 0 Å². The van der Waals surface area contributed by atoms with Crippen molar-refractivity contribution in [3.05, 3.63) is 84.1 Å². The van der Waals surface area contributed by atoms with Crippen molar-refractivity contribution in [2.24, 2.45) is 0 Å². The second-order valence-corrected chi connectivity index (χ2v) is 11.4. The minimum absolute atomic E-state index is 0.0432. The van der Waals surface area contributed by atoms with Gasteiger partial charge in [-0.3, -0.25) is 4.79 Å². The summed E-state index contributed by atoms with van der Waals surface area (Å²) >= 11 is 0. The van der Waals surface area contributed by atoms with E-state index in [1.807, 2.05) is 78.5 Å². The van der Waals surface area contributed by atoms with Crippen LogP contribution in [0.2, 0.25) is 0 Å². The van der Waals surface area contributed by atoms with Gasteiger partial charge in [0.2, 0.25) is 5.89 Å². The van der Waals surface area contributed by atoms with Gasteiger partial charge in [0.15, 0.2) is 11.5 Å². The summed E-state index contributed by atoms with van der Waals surface area (Å²) in [6.45, 7) is 9.14. The Morgan fingerprint density at radius 3 is 2.10 bits per heavy atom. The number of piperazine rings is 1. The van der Waals surface area contributed by atoms with Crippen molar-refractivity contribution in [1.29, 1.82) is 0 Å². The topological polar surface area (TPSA) is 62.1 Å². The highest BCUT2D eigenvalue weighted by Crippen LogP contribution is 2.34. The SMILES string of the molecule is COc1ccccc1N1CCN(C(=O)c2nc(-c3ccc(C(C)(C)C)cc3)oc2-c2ccc(N(C)C)cc2)CC1. The van der Waals surface area contributed by atoms with E-state index in [-0.39, 0.29) is 11.3 Å². The Labute approximate surface area is 237 Å². The minimum atomic E-state index is -0.118. The number of hydrogen-bond donors (Lipinski definition) is 0. The summed E-state index contributed by atoms with van der Waals surface area (Å²) in [4.78, 5) is 24.9. The Hall–Kier alpha value is -4.26. The number of benzene rings is 3. The van der Waals surface area contributed by atoms with E-state index in [1.54, 1.807) is 7.11 Å². The average Bonchev–Trinajstić information content (AvgIpc) is 3.42. The molecule has 1 amide bonds. The van der Waals surface area contributed by atoms with Crippen LogP contribution in [0, 0.1) is 0 Å². The maximum Gasteiger partial charge on any atom is 0.276 e. The van der Waals surface area contributed by atoms with Crippen LogP contribution in [0.5, 0.6) is 5.75 Å². The summed E-state index contributed by atoms with van der Waals surface area (Å²) in [6, 6.07) is 24.3. The molecule has 1 fully saturated rings. The molecule has 0 saturated carbocycles. The van der Waals surface area contributed by atoms with Crippen molar-refractivity contribution >= 4 is 17.3 Å². The Morgan fingerprint density at radius 1 is 0.875 bits per heavy atom. The number of para-hydroxylation sites is 2. The van der Waals surface area contributed by atoms with E-state index < -0.39 is 0 Å². The van der Waals surface area contributed by atoms with Gasteiger partial charge in [0.1, 0.15) is 5.75 Å². The fraction of sp³-hybridized carbons (Fsp3) is 0.333. The Kier molecular flexibility index (Phi) is 7.57. The third kappa shape index (κ3) is 5.55. The first-order valence-corrected chi connectivity index (χ1v) is 13.7. The van der Waals surface area contributed by atoms with Crippen molar-refractivity contribution in [2.75, 3.05) is 57.2 Å². The van der Waals surface area contributed by atoms with Crippen LogP contribution >= 0.6 is 0 Å². The van der Waals surface area contributed by atoms with E-state index >= 15 is 0 Å². The van der Waals surface area contributed by atoms with Gasteiger partial charge in [-0.25, -0.2) is 4.98 Å². The fourth-order valence-electron chi connectivity index (χ4n) is 5.00. The first kappa shape index (κ1) is 27.3. The summed E-state index contributed by atoms with van der Waals surface area (Å²) in [5.41, 5.74) is 5.40. The number of carbonyl (C=O) groups is 1. The second kappa shape index (κ2) is 11.1. The van der Waals surface area contributed by atoms with Crippen molar-refractivity contribution < 1.29 is 13.9 Å². The molecule has 1 aliphatic rings. The molecule has 0 spiro atoms. The average molecular weight is 539 g/mol. The smallest absolute Gasteiger partial charge is 0.276 e. The number of rotatable bonds is 6. The number of hydrogen-bond acceptors (Lipinski definition) is 6. The Morgan fingerprint density at radius 2 is 1.50 bits per heavy atom. The van der Waals surface area contributed by atoms with Crippen molar-refractivity contribution in [1.82, 2.24) is 9.88 Å². The van der Waals surface area contributed by atoms with Gasteiger partial charge < -0.3 is 23.9 Å². The van der Waals surface area contributed by atoms with Gasteiger partial charge >= 0.3 is 0 Å². The largest absolute Gasteiger partial charge is 0.495 e. The molecule has 0 atom stereocenters. The number of nitrogens with zero attached hydrogens (tertiary/aromatic N) is 4. The van der Waals surface area contributed by atoms with Gasteiger partial charge in [-0.1, -0.05) is 45.0 Å². The van der Waals surface area contributed by atoms with Crippen molar-refractivity contribution in [3.63, 3.8) is 0 Å². The number of oxazole rings is 1. The van der Waals surface area contributed by atoms with E-state index in [9.17, 15) is 4.79 Å². The fourth-order valence-corrected chi connectivity index (χ4v) is 5.00. The number of methoxy groups -OCH3 is 1. The third-order valence-corrected chi connectivity index (χ3v) is 7.47. The zero-order chi connectivity index (χ0) is 28.4. The molecule has 2 heterocycles. The molecular weight excluding hydrogens is 500 g/mol. The lowest BCUT2D eigenvalue weighted by molar-refractivity contribution is 0.0742. The summed E-state index contributed by atoms with van der Waals surface area (Å²) in [5, 5.41) is 0. The molecule has 7 heteroatoms. The Balaban J connectivity index is 1.44. The van der Waals surface area contributed by atoms with Gasteiger partial charge in [0.25, 0.3) is 5.91 Å². The molecule has 7 nitrogen and oxygen atoms in total. The minimum Gasteiger partial charge on any atom is -0.495 e. The van der Waals surface area contributed by atoms with Crippen LogP contribution in [-0.2, 0) is 5.41 Å². The predicted molar refractivity (Wildman–Crippen MR) is 162 cm³/mol. The number of aromatic nitrogens is 1. The lowest BCUT2D eigenvalue weighted by Crippen LogP contribution is -2.49. The van der Waals surface area contributed by atoms with Crippen LogP contribution in [0.25, 0.3) is 22.8 Å². The van der Waals surface area contributed by atoms with Crippen LogP contribution in [0.1, 0.15) is 36.8 Å². The highest BCUT2D eigenvalue weighted by molar-refractivity contribution is 5.98. The molecule has 1 aromatic heterocycles. The summed E-state index contributed by atoms with van der Waals surface area (Å²) in [6.07, 6.45) is 0. The molecule has 5 rings (SSSR count). The summed E-state index contributed by atoms with van der Waals surface area (Å²) in [5.74, 6) is 1.66. The quantitative estimate of drug-likeness (QED) is 0.285. The molecule has 0 N–H and O–H groups in total. The number of amides is 1. The van der Waals surface area contributed by atoms with Crippen LogP contribution in [0.3, 0.4) is 0 Å². The maximum absolute atomic E-state index is 13.9. The molecule has 1 saturated heterocycles. The van der Waals surface area contributed by atoms with Crippen molar-refractivity contribution in [3.8, 4) is 28.5 Å². The molecule has 40 heavy (non-hydrogen) atoms. The van der Waals surface area contributed by atoms with Crippen LogP contribution in [0.4, 0.5) is 11.4 Å². The molecule has 0 unspecified atom stereocenters. The predicted octanol–water partition coefficient (Wildman–Crippen LogP) is 6.34. The normalized spacial score (nSPS) is 13.8. The zero-order valence-electron chi connectivity index (χ0n) is 24.3. The molecule has 0 aliphatic carbocycles. The number of carbonyl (C=O) groups excluding carboxylic acids is 1. The standard InChI is InChI=1S/C33H38N4O3/c1-33(2,3)25-15-11-24(12-16-25)31-34-29(30(40-31)23-13-17-26(18-14-23)35(4)5)32(38)37-21-19-36(20-22-37)27-9-7-8-10-28(27)39-6/h7-18H,19-22H2,1-6H3. The molecule has 0 radical (unpaired) electrons. The van der Waals surface area contributed by atoms with Crippen LogP contribution in [-0.4, -0.2) is 63.2 Å².